The fourth-order valence-electron chi connectivity index (χ4n) is 2.57. The molecule has 1 aromatic heterocycles. The van der Waals surface area contributed by atoms with E-state index < -0.39 is 5.97 Å². The van der Waals surface area contributed by atoms with Crippen molar-refractivity contribution in [2.24, 2.45) is 17.4 Å². The average Bonchev–Trinajstić information content (AvgIpc) is 2.96. The largest absolute Gasteiger partial charge is 0.478 e. The van der Waals surface area contributed by atoms with Gasteiger partial charge in [0.25, 0.3) is 0 Å². The van der Waals surface area contributed by atoms with Gasteiger partial charge in [-0.1, -0.05) is 34.6 Å². The second-order valence-electron chi connectivity index (χ2n) is 5.64. The Morgan fingerprint density at radius 1 is 1.29 bits per heavy atom. The SMILES string of the molecule is CCOc1c(/C=N/OCc2ccccc2/C(=N\OC)C(=O)OC)c(C)nn1C. The molecule has 9 nitrogen and oxygen atoms in total. The zero-order valence-corrected chi connectivity index (χ0v) is 16.6. The van der Waals surface area contributed by atoms with Gasteiger partial charge in [0.05, 0.1) is 31.2 Å². The predicted molar refractivity (Wildman–Crippen MR) is 104 cm³/mol. The van der Waals surface area contributed by atoms with Crippen LogP contribution in [-0.4, -0.2) is 48.5 Å². The van der Waals surface area contributed by atoms with E-state index in [9.17, 15) is 4.79 Å². The molecular formula is C19H24N4O5. The number of aromatic nitrogens is 2. The minimum Gasteiger partial charge on any atom is -0.478 e. The lowest BCUT2D eigenvalue weighted by Gasteiger charge is -2.09. The van der Waals surface area contributed by atoms with Crippen LogP contribution in [0.25, 0.3) is 0 Å². The molecule has 0 saturated heterocycles. The van der Waals surface area contributed by atoms with Gasteiger partial charge in [0.2, 0.25) is 5.88 Å². The third-order valence-electron chi connectivity index (χ3n) is 3.81. The maximum Gasteiger partial charge on any atom is 0.360 e. The van der Waals surface area contributed by atoms with E-state index in [0.717, 1.165) is 11.3 Å². The highest BCUT2D eigenvalue weighted by Gasteiger charge is 2.19. The second-order valence-corrected chi connectivity index (χ2v) is 5.64. The van der Waals surface area contributed by atoms with Crippen molar-refractivity contribution in [1.29, 1.82) is 0 Å². The summed E-state index contributed by atoms with van der Waals surface area (Å²) in [4.78, 5) is 22.2. The molecule has 0 atom stereocenters. The molecule has 2 aromatic rings. The van der Waals surface area contributed by atoms with Crippen molar-refractivity contribution in [1.82, 2.24) is 9.78 Å². The predicted octanol–water partition coefficient (Wildman–Crippen LogP) is 2.20. The molecule has 0 amide bonds. The summed E-state index contributed by atoms with van der Waals surface area (Å²) in [6.07, 6.45) is 1.56. The van der Waals surface area contributed by atoms with Gasteiger partial charge in [-0.05, 0) is 13.8 Å². The molecule has 28 heavy (non-hydrogen) atoms. The summed E-state index contributed by atoms with van der Waals surface area (Å²) in [6, 6.07) is 7.14. The molecule has 0 unspecified atom stereocenters. The maximum absolute atomic E-state index is 12.0. The van der Waals surface area contributed by atoms with E-state index in [1.54, 1.807) is 36.1 Å². The number of nitrogens with zero attached hydrogens (tertiary/aromatic N) is 4. The number of hydrogen-bond donors (Lipinski definition) is 0. The molecule has 9 heteroatoms. The number of methoxy groups -OCH3 is 1. The van der Waals surface area contributed by atoms with Crippen LogP contribution in [0.15, 0.2) is 34.6 Å². The lowest BCUT2D eigenvalue weighted by molar-refractivity contribution is -0.132. The second kappa shape index (κ2) is 10.1. The van der Waals surface area contributed by atoms with Crippen molar-refractivity contribution in [2.45, 2.75) is 20.5 Å². The summed E-state index contributed by atoms with van der Waals surface area (Å²) in [6.45, 7) is 4.40. The van der Waals surface area contributed by atoms with Crippen molar-refractivity contribution in [3.05, 3.63) is 46.6 Å². The Bertz CT molecular complexity index is 873. The zero-order chi connectivity index (χ0) is 20.5. The summed E-state index contributed by atoms with van der Waals surface area (Å²) in [5.74, 6) is 0.0121. The van der Waals surface area contributed by atoms with Crippen LogP contribution in [0.5, 0.6) is 5.88 Å². The fraction of sp³-hybridized carbons (Fsp3) is 0.368. The van der Waals surface area contributed by atoms with E-state index in [1.165, 1.54) is 14.2 Å². The Balaban J connectivity index is 2.18. The van der Waals surface area contributed by atoms with Gasteiger partial charge in [-0.15, -0.1) is 0 Å². The average molecular weight is 388 g/mol. The van der Waals surface area contributed by atoms with Crippen molar-refractivity contribution in [3.8, 4) is 5.88 Å². The summed E-state index contributed by atoms with van der Waals surface area (Å²) in [5, 5.41) is 12.1. The molecule has 1 heterocycles. The smallest absolute Gasteiger partial charge is 0.360 e. The molecule has 0 aliphatic carbocycles. The number of carbonyl (C=O) groups excluding carboxylic acids is 1. The number of carbonyl (C=O) groups is 1. The molecule has 1 aromatic carbocycles. The Hall–Kier alpha value is -3.36. The molecule has 0 bridgehead atoms. The Morgan fingerprint density at radius 2 is 2.04 bits per heavy atom. The van der Waals surface area contributed by atoms with Crippen LogP contribution >= 0.6 is 0 Å². The van der Waals surface area contributed by atoms with Crippen molar-refractivity contribution >= 4 is 17.9 Å². The first kappa shape index (κ1) is 20.9. The summed E-state index contributed by atoms with van der Waals surface area (Å²) in [7, 11) is 4.44. The van der Waals surface area contributed by atoms with Crippen LogP contribution in [0.1, 0.15) is 29.3 Å². The number of rotatable bonds is 9. The van der Waals surface area contributed by atoms with E-state index >= 15 is 0 Å². The van der Waals surface area contributed by atoms with Gasteiger partial charge in [0.15, 0.2) is 5.71 Å². The van der Waals surface area contributed by atoms with E-state index in [4.69, 9.17) is 19.1 Å². The van der Waals surface area contributed by atoms with Gasteiger partial charge >= 0.3 is 5.97 Å². The van der Waals surface area contributed by atoms with E-state index in [0.29, 0.717) is 23.6 Å². The van der Waals surface area contributed by atoms with E-state index in [1.807, 2.05) is 19.9 Å². The third-order valence-corrected chi connectivity index (χ3v) is 3.81. The third kappa shape index (κ3) is 4.87. The van der Waals surface area contributed by atoms with Gasteiger partial charge in [0, 0.05) is 18.2 Å². The van der Waals surface area contributed by atoms with Crippen LogP contribution in [0.4, 0.5) is 0 Å². The maximum atomic E-state index is 12.0. The van der Waals surface area contributed by atoms with E-state index in [-0.39, 0.29) is 12.3 Å². The quantitative estimate of drug-likeness (QED) is 0.371. The molecule has 0 radical (unpaired) electrons. The first-order valence-corrected chi connectivity index (χ1v) is 8.62. The van der Waals surface area contributed by atoms with Crippen LogP contribution in [0.2, 0.25) is 0 Å². The first-order valence-electron chi connectivity index (χ1n) is 8.62. The molecule has 0 aliphatic heterocycles. The lowest BCUT2D eigenvalue weighted by Crippen LogP contribution is -2.19. The monoisotopic (exact) mass is 388 g/mol. The highest BCUT2D eigenvalue weighted by molar-refractivity contribution is 6.43. The number of aryl methyl sites for hydroxylation is 2. The van der Waals surface area contributed by atoms with Gasteiger partial charge in [-0.3, -0.25) is 0 Å². The molecule has 0 aliphatic rings. The standard InChI is InChI=1S/C19H24N4O5/c1-6-27-18-16(13(2)21-23(18)3)11-20-28-12-14-9-7-8-10-15(14)17(22-26-5)19(24)25-4/h7-11H,6,12H2,1-5H3/b20-11+,22-17+. The molecule has 0 spiro atoms. The van der Waals surface area contributed by atoms with Crippen LogP contribution in [0.3, 0.4) is 0 Å². The van der Waals surface area contributed by atoms with Crippen molar-refractivity contribution in [2.75, 3.05) is 20.8 Å². The molecule has 2 rings (SSSR count). The van der Waals surface area contributed by atoms with Crippen LogP contribution in [-0.2, 0) is 32.9 Å². The van der Waals surface area contributed by atoms with E-state index in [2.05, 4.69) is 15.4 Å². The lowest BCUT2D eigenvalue weighted by atomic mass is 10.0. The number of ether oxygens (including phenoxy) is 2. The summed E-state index contributed by atoms with van der Waals surface area (Å²) >= 11 is 0. The molecular weight excluding hydrogens is 364 g/mol. The Morgan fingerprint density at radius 3 is 2.71 bits per heavy atom. The topological polar surface area (TPSA) is 96.5 Å². The molecule has 0 N–H and O–H groups in total. The molecule has 150 valence electrons. The van der Waals surface area contributed by atoms with Crippen LogP contribution < -0.4 is 4.74 Å². The van der Waals surface area contributed by atoms with Crippen LogP contribution in [0, 0.1) is 6.92 Å². The number of oxime groups is 2. The zero-order valence-electron chi connectivity index (χ0n) is 16.6. The van der Waals surface area contributed by atoms with Gasteiger partial charge in [0.1, 0.15) is 13.7 Å². The number of benzene rings is 1. The fourth-order valence-corrected chi connectivity index (χ4v) is 2.57. The summed E-state index contributed by atoms with van der Waals surface area (Å²) < 4.78 is 12.0. The van der Waals surface area contributed by atoms with Gasteiger partial charge in [-0.2, -0.15) is 5.10 Å². The Kier molecular flexibility index (Phi) is 7.55. The van der Waals surface area contributed by atoms with Gasteiger partial charge < -0.3 is 19.1 Å². The first-order chi connectivity index (χ1) is 13.5. The van der Waals surface area contributed by atoms with Gasteiger partial charge in [-0.25, -0.2) is 9.48 Å². The highest BCUT2D eigenvalue weighted by Crippen LogP contribution is 2.19. The number of esters is 1. The normalized spacial score (nSPS) is 11.5. The molecule has 0 fully saturated rings. The highest BCUT2D eigenvalue weighted by atomic mass is 16.6. The number of hydrogen-bond acceptors (Lipinski definition) is 8. The Labute approximate surface area is 163 Å². The van der Waals surface area contributed by atoms with Crippen molar-refractivity contribution in [3.63, 3.8) is 0 Å². The minimum absolute atomic E-state index is 0.0508. The summed E-state index contributed by atoms with van der Waals surface area (Å²) in [5.41, 5.74) is 2.82. The molecule has 0 saturated carbocycles. The van der Waals surface area contributed by atoms with Crippen molar-refractivity contribution < 1.29 is 23.9 Å². The minimum atomic E-state index is -0.606.